The number of non-ortho nitro benzene ring substituents is 1. The Morgan fingerprint density at radius 1 is 1.12 bits per heavy atom. The van der Waals surface area contributed by atoms with E-state index in [1.54, 1.807) is 30.3 Å². The molecule has 1 aliphatic rings. The van der Waals surface area contributed by atoms with Gasteiger partial charge in [0, 0.05) is 17.7 Å². The standard InChI is InChI=1S/C17H14N4O5/c1-17(12-7-9-13(10-8-12)21(25)26)15(23)20(16(24)18-17)19-14(22)11-5-3-2-4-6-11/h2-10H,1H3,(H,18,24)(H,19,22)/t17-/m0/s1. The number of urea groups is 1. The largest absolute Gasteiger partial charge is 0.344 e. The summed E-state index contributed by atoms with van der Waals surface area (Å²) in [6, 6.07) is 12.6. The highest BCUT2D eigenvalue weighted by molar-refractivity contribution is 6.09. The molecule has 4 amide bonds. The van der Waals surface area contributed by atoms with E-state index in [9.17, 15) is 24.5 Å². The Morgan fingerprint density at radius 3 is 2.31 bits per heavy atom. The molecule has 0 saturated carbocycles. The fourth-order valence-corrected chi connectivity index (χ4v) is 2.61. The van der Waals surface area contributed by atoms with Crippen LogP contribution < -0.4 is 10.7 Å². The van der Waals surface area contributed by atoms with Crippen molar-refractivity contribution in [3.8, 4) is 0 Å². The zero-order chi connectivity index (χ0) is 18.9. The lowest BCUT2D eigenvalue weighted by molar-refractivity contribution is -0.384. The molecule has 2 aromatic carbocycles. The molecule has 26 heavy (non-hydrogen) atoms. The quantitative estimate of drug-likeness (QED) is 0.492. The molecule has 0 spiro atoms. The van der Waals surface area contributed by atoms with Crippen LogP contribution in [-0.2, 0) is 10.3 Å². The molecule has 2 aromatic rings. The van der Waals surface area contributed by atoms with Crippen molar-refractivity contribution >= 4 is 23.5 Å². The van der Waals surface area contributed by atoms with Crippen LogP contribution in [-0.4, -0.2) is 27.8 Å². The predicted molar refractivity (Wildman–Crippen MR) is 89.7 cm³/mol. The SMILES string of the molecule is C[C@@]1(c2ccc([N+](=O)[O-])cc2)NC(=O)N(NC(=O)c2ccccc2)C1=O. The molecule has 1 atom stereocenters. The first kappa shape index (κ1) is 17.1. The summed E-state index contributed by atoms with van der Waals surface area (Å²) in [4.78, 5) is 47.3. The molecule has 0 aromatic heterocycles. The van der Waals surface area contributed by atoms with Gasteiger partial charge in [-0.15, -0.1) is 0 Å². The third-order valence-corrected chi connectivity index (χ3v) is 4.10. The second kappa shape index (κ2) is 6.28. The molecule has 1 heterocycles. The molecule has 3 rings (SSSR count). The molecule has 9 heteroatoms. The third kappa shape index (κ3) is 2.86. The Labute approximate surface area is 147 Å². The topological polar surface area (TPSA) is 122 Å². The fraction of sp³-hybridized carbons (Fsp3) is 0.118. The number of nitro groups is 1. The summed E-state index contributed by atoms with van der Waals surface area (Å²) in [5.74, 6) is -1.30. The molecule has 1 aliphatic heterocycles. The summed E-state index contributed by atoms with van der Waals surface area (Å²) < 4.78 is 0. The smallest absolute Gasteiger partial charge is 0.318 e. The van der Waals surface area contributed by atoms with Crippen molar-refractivity contribution in [1.29, 1.82) is 0 Å². The maximum atomic E-state index is 12.7. The highest BCUT2D eigenvalue weighted by Crippen LogP contribution is 2.29. The van der Waals surface area contributed by atoms with E-state index in [0.717, 1.165) is 0 Å². The Hall–Kier alpha value is -3.75. The Morgan fingerprint density at radius 2 is 1.73 bits per heavy atom. The lowest BCUT2D eigenvalue weighted by atomic mass is 9.92. The van der Waals surface area contributed by atoms with Crippen LogP contribution >= 0.6 is 0 Å². The zero-order valence-electron chi connectivity index (χ0n) is 13.6. The second-order valence-corrected chi connectivity index (χ2v) is 5.81. The van der Waals surface area contributed by atoms with Crippen molar-refractivity contribution in [1.82, 2.24) is 15.8 Å². The number of nitrogens with one attached hydrogen (secondary N) is 2. The summed E-state index contributed by atoms with van der Waals surface area (Å²) in [6.45, 7) is 1.46. The first-order valence-electron chi connectivity index (χ1n) is 7.60. The van der Waals surface area contributed by atoms with Crippen LogP contribution in [0.3, 0.4) is 0 Å². The van der Waals surface area contributed by atoms with E-state index in [1.165, 1.54) is 31.2 Å². The minimum Gasteiger partial charge on any atom is -0.318 e. The van der Waals surface area contributed by atoms with Gasteiger partial charge in [-0.05, 0) is 36.8 Å². The van der Waals surface area contributed by atoms with Crippen LogP contribution in [0.4, 0.5) is 10.5 Å². The third-order valence-electron chi connectivity index (χ3n) is 4.10. The molecule has 132 valence electrons. The Bertz CT molecular complexity index is 897. The van der Waals surface area contributed by atoms with Gasteiger partial charge in [0.15, 0.2) is 0 Å². The van der Waals surface area contributed by atoms with Gasteiger partial charge in [0.1, 0.15) is 5.54 Å². The highest BCUT2D eigenvalue weighted by atomic mass is 16.6. The van der Waals surface area contributed by atoms with Gasteiger partial charge in [0.25, 0.3) is 17.5 Å². The monoisotopic (exact) mass is 354 g/mol. The van der Waals surface area contributed by atoms with Crippen molar-refractivity contribution in [3.63, 3.8) is 0 Å². The molecule has 1 saturated heterocycles. The summed E-state index contributed by atoms with van der Waals surface area (Å²) >= 11 is 0. The zero-order valence-corrected chi connectivity index (χ0v) is 13.6. The molecule has 2 N–H and O–H groups in total. The summed E-state index contributed by atoms with van der Waals surface area (Å²) in [5.41, 5.74) is 1.34. The number of benzene rings is 2. The normalized spacial score (nSPS) is 19.2. The van der Waals surface area contributed by atoms with Gasteiger partial charge >= 0.3 is 6.03 Å². The molecular weight excluding hydrogens is 340 g/mol. The Kier molecular flexibility index (Phi) is 4.13. The maximum Gasteiger partial charge on any atom is 0.344 e. The first-order chi connectivity index (χ1) is 12.3. The van der Waals surface area contributed by atoms with Crippen LogP contribution in [0, 0.1) is 10.1 Å². The van der Waals surface area contributed by atoms with Crippen LogP contribution in [0.25, 0.3) is 0 Å². The number of carbonyl (C=O) groups is 3. The van der Waals surface area contributed by atoms with Gasteiger partial charge in [-0.2, -0.15) is 5.01 Å². The van der Waals surface area contributed by atoms with E-state index in [4.69, 9.17) is 0 Å². The first-order valence-corrected chi connectivity index (χ1v) is 7.60. The van der Waals surface area contributed by atoms with E-state index in [2.05, 4.69) is 10.7 Å². The van der Waals surface area contributed by atoms with Gasteiger partial charge in [-0.25, -0.2) is 4.79 Å². The summed E-state index contributed by atoms with van der Waals surface area (Å²) in [5, 5.41) is 13.9. The van der Waals surface area contributed by atoms with E-state index >= 15 is 0 Å². The van der Waals surface area contributed by atoms with Crippen LogP contribution in [0.2, 0.25) is 0 Å². The second-order valence-electron chi connectivity index (χ2n) is 5.81. The lowest BCUT2D eigenvalue weighted by Gasteiger charge is -2.22. The van der Waals surface area contributed by atoms with Crippen LogP contribution in [0.5, 0.6) is 0 Å². The number of nitrogens with zero attached hydrogens (tertiary/aromatic N) is 2. The number of amides is 4. The van der Waals surface area contributed by atoms with Gasteiger partial charge < -0.3 is 5.32 Å². The van der Waals surface area contributed by atoms with Crippen molar-refractivity contribution in [2.24, 2.45) is 0 Å². The van der Waals surface area contributed by atoms with E-state index in [1.807, 2.05) is 0 Å². The van der Waals surface area contributed by atoms with E-state index in [-0.39, 0.29) is 11.3 Å². The molecular formula is C17H14N4O5. The van der Waals surface area contributed by atoms with Crippen molar-refractivity contribution in [2.45, 2.75) is 12.5 Å². The number of rotatable bonds is 4. The molecule has 9 nitrogen and oxygen atoms in total. The number of hydrogen-bond acceptors (Lipinski definition) is 5. The number of hydrogen-bond donors (Lipinski definition) is 2. The van der Waals surface area contributed by atoms with E-state index < -0.39 is 28.3 Å². The van der Waals surface area contributed by atoms with Gasteiger partial charge in [0.05, 0.1) is 4.92 Å². The number of nitro benzene ring substituents is 1. The summed E-state index contributed by atoms with van der Waals surface area (Å²) in [6.07, 6.45) is 0. The number of carbonyl (C=O) groups excluding carboxylic acids is 3. The molecule has 0 aliphatic carbocycles. The van der Waals surface area contributed by atoms with Gasteiger partial charge in [-0.3, -0.25) is 25.1 Å². The predicted octanol–water partition coefficient (Wildman–Crippen LogP) is 1.71. The Balaban J connectivity index is 1.83. The minimum absolute atomic E-state index is 0.136. The minimum atomic E-state index is -1.45. The van der Waals surface area contributed by atoms with Crippen molar-refractivity contribution in [2.75, 3.05) is 0 Å². The number of hydrazine groups is 1. The average Bonchev–Trinajstić information content (AvgIpc) is 2.86. The van der Waals surface area contributed by atoms with Crippen molar-refractivity contribution in [3.05, 3.63) is 75.8 Å². The molecule has 0 unspecified atom stereocenters. The number of imide groups is 1. The molecule has 0 bridgehead atoms. The molecule has 1 fully saturated rings. The van der Waals surface area contributed by atoms with Crippen LogP contribution in [0.15, 0.2) is 54.6 Å². The lowest BCUT2D eigenvalue weighted by Crippen LogP contribution is -2.47. The van der Waals surface area contributed by atoms with Gasteiger partial charge in [-0.1, -0.05) is 18.2 Å². The summed E-state index contributed by atoms with van der Waals surface area (Å²) in [7, 11) is 0. The maximum absolute atomic E-state index is 12.7. The fourth-order valence-electron chi connectivity index (χ4n) is 2.61. The van der Waals surface area contributed by atoms with Crippen LogP contribution in [0.1, 0.15) is 22.8 Å². The van der Waals surface area contributed by atoms with E-state index in [0.29, 0.717) is 10.6 Å². The van der Waals surface area contributed by atoms with Crippen molar-refractivity contribution < 1.29 is 19.3 Å². The van der Waals surface area contributed by atoms with Gasteiger partial charge in [0.2, 0.25) is 0 Å². The highest BCUT2D eigenvalue weighted by Gasteiger charge is 2.50. The average molecular weight is 354 g/mol. The molecule has 0 radical (unpaired) electrons.